The van der Waals surface area contributed by atoms with Crippen LogP contribution in [0, 0.1) is 0 Å². The van der Waals surface area contributed by atoms with Crippen molar-refractivity contribution in [2.45, 2.75) is 25.3 Å². The van der Waals surface area contributed by atoms with E-state index in [0.29, 0.717) is 13.0 Å². The molecule has 32 heavy (non-hydrogen) atoms. The lowest BCUT2D eigenvalue weighted by Crippen LogP contribution is -2.43. The number of ether oxygens (including phenoxy) is 1. The van der Waals surface area contributed by atoms with Crippen molar-refractivity contribution in [1.29, 1.82) is 0 Å². The first-order valence-electron chi connectivity index (χ1n) is 10.8. The van der Waals surface area contributed by atoms with Crippen molar-refractivity contribution in [3.63, 3.8) is 0 Å². The van der Waals surface area contributed by atoms with Gasteiger partial charge in [-0.15, -0.1) is 0 Å². The summed E-state index contributed by atoms with van der Waals surface area (Å²) in [5, 5.41) is 12.7. The fourth-order valence-corrected chi connectivity index (χ4v) is 4.40. The van der Waals surface area contributed by atoms with Gasteiger partial charge in [0.1, 0.15) is 5.75 Å². The number of hydroxylamine groups is 1. The quantitative estimate of drug-likeness (QED) is 0.247. The van der Waals surface area contributed by atoms with E-state index < -0.39 is 5.91 Å². The molecule has 1 atom stereocenters. The van der Waals surface area contributed by atoms with Crippen LogP contribution < -0.4 is 15.5 Å². The first-order valence-corrected chi connectivity index (χ1v) is 10.8. The molecule has 3 aromatic rings. The lowest BCUT2D eigenvalue weighted by atomic mass is 9.92. The molecule has 4 N–H and O–H groups in total. The van der Waals surface area contributed by atoms with Crippen LogP contribution in [0.15, 0.2) is 48.5 Å². The summed E-state index contributed by atoms with van der Waals surface area (Å²) in [4.78, 5) is 29.5. The van der Waals surface area contributed by atoms with Crippen LogP contribution in [0.5, 0.6) is 5.75 Å². The molecule has 2 heterocycles. The number of amides is 2. The van der Waals surface area contributed by atoms with Gasteiger partial charge in [0, 0.05) is 36.1 Å². The molecule has 8 heteroatoms. The Hall–Kier alpha value is -3.36. The van der Waals surface area contributed by atoms with Crippen LogP contribution in [0.25, 0.3) is 10.9 Å². The summed E-state index contributed by atoms with van der Waals surface area (Å²) < 4.78 is 5.32. The third-order valence-electron chi connectivity index (χ3n) is 5.94. The van der Waals surface area contributed by atoms with Crippen LogP contribution >= 0.6 is 0 Å². The van der Waals surface area contributed by atoms with Crippen LogP contribution in [0.4, 0.5) is 0 Å². The number of nitrogens with zero attached hydrogens (tertiary/aromatic N) is 1. The fourth-order valence-electron chi connectivity index (χ4n) is 4.40. The van der Waals surface area contributed by atoms with Crippen molar-refractivity contribution in [3.8, 4) is 5.75 Å². The molecule has 0 saturated carbocycles. The summed E-state index contributed by atoms with van der Waals surface area (Å²) in [7, 11) is 1.65. The maximum atomic E-state index is 12.7. The molecule has 168 valence electrons. The van der Waals surface area contributed by atoms with Crippen LogP contribution in [0.2, 0.25) is 0 Å². The Morgan fingerprint density at radius 2 is 1.94 bits per heavy atom. The SMILES string of the molecule is COc1ccc(C2c3[nH]c4ccccc4c3CCN2CC(=O)NCCCC(=O)NO)cc1. The molecular weight excluding hydrogens is 408 g/mol. The van der Waals surface area contributed by atoms with E-state index in [-0.39, 0.29) is 24.9 Å². The van der Waals surface area contributed by atoms with Crippen molar-refractivity contribution in [2.24, 2.45) is 0 Å². The van der Waals surface area contributed by atoms with Gasteiger partial charge >= 0.3 is 0 Å². The highest BCUT2D eigenvalue weighted by atomic mass is 16.5. The number of carbonyl (C=O) groups is 2. The molecule has 4 rings (SSSR count). The van der Waals surface area contributed by atoms with Gasteiger partial charge in [0.05, 0.1) is 19.7 Å². The number of hydrogen-bond acceptors (Lipinski definition) is 5. The van der Waals surface area contributed by atoms with E-state index in [4.69, 9.17) is 9.94 Å². The van der Waals surface area contributed by atoms with Gasteiger partial charge in [-0.1, -0.05) is 30.3 Å². The molecule has 0 radical (unpaired) electrons. The molecule has 0 fully saturated rings. The van der Waals surface area contributed by atoms with Crippen molar-refractivity contribution in [1.82, 2.24) is 20.7 Å². The molecule has 0 aliphatic carbocycles. The van der Waals surface area contributed by atoms with E-state index in [1.165, 1.54) is 10.9 Å². The average Bonchev–Trinajstić information content (AvgIpc) is 3.20. The molecule has 1 unspecified atom stereocenters. The summed E-state index contributed by atoms with van der Waals surface area (Å²) in [5.74, 6) is 0.242. The van der Waals surface area contributed by atoms with Crippen LogP contribution in [-0.2, 0) is 16.0 Å². The number of rotatable bonds is 8. The maximum Gasteiger partial charge on any atom is 0.243 e. The Morgan fingerprint density at radius 1 is 1.16 bits per heavy atom. The molecule has 1 aliphatic heterocycles. The number of aromatic amines is 1. The standard InChI is InChI=1S/C24H28N4O4/c1-32-17-10-8-16(9-11-17)24-23-19(18-5-2-3-6-20(18)26-23)12-14-28(24)15-22(30)25-13-4-7-21(29)27-31/h2-3,5-6,8-11,24,26,31H,4,7,12-15H2,1H3,(H,25,30)(H,27,29). The molecule has 1 aliphatic rings. The summed E-state index contributed by atoms with van der Waals surface area (Å²) in [6, 6.07) is 16.2. The Morgan fingerprint density at radius 3 is 2.69 bits per heavy atom. The normalized spacial score (nSPS) is 15.9. The van der Waals surface area contributed by atoms with Gasteiger partial charge in [-0.2, -0.15) is 0 Å². The third-order valence-corrected chi connectivity index (χ3v) is 5.94. The van der Waals surface area contributed by atoms with Gasteiger partial charge < -0.3 is 15.0 Å². The number of aromatic nitrogens is 1. The molecule has 2 amide bonds. The Bertz CT molecular complexity index is 1090. The third kappa shape index (κ3) is 4.61. The van der Waals surface area contributed by atoms with E-state index in [1.54, 1.807) is 12.6 Å². The molecular formula is C24H28N4O4. The number of nitrogens with one attached hydrogen (secondary N) is 3. The molecule has 8 nitrogen and oxygen atoms in total. The minimum Gasteiger partial charge on any atom is -0.497 e. The molecule has 1 aromatic heterocycles. The van der Waals surface area contributed by atoms with E-state index in [2.05, 4.69) is 33.4 Å². The fraction of sp³-hybridized carbons (Fsp3) is 0.333. The number of para-hydroxylation sites is 1. The highest BCUT2D eigenvalue weighted by Gasteiger charge is 2.32. The summed E-state index contributed by atoms with van der Waals surface area (Å²) >= 11 is 0. The largest absolute Gasteiger partial charge is 0.497 e. The Balaban J connectivity index is 1.55. The van der Waals surface area contributed by atoms with Crippen molar-refractivity contribution in [3.05, 3.63) is 65.4 Å². The highest BCUT2D eigenvalue weighted by molar-refractivity contribution is 5.85. The van der Waals surface area contributed by atoms with Crippen molar-refractivity contribution < 1.29 is 19.5 Å². The first kappa shape index (κ1) is 21.9. The monoisotopic (exact) mass is 436 g/mol. The van der Waals surface area contributed by atoms with Crippen LogP contribution in [0.3, 0.4) is 0 Å². The van der Waals surface area contributed by atoms with Gasteiger partial charge in [0.2, 0.25) is 11.8 Å². The average molecular weight is 437 g/mol. The predicted molar refractivity (Wildman–Crippen MR) is 121 cm³/mol. The lowest BCUT2D eigenvalue weighted by Gasteiger charge is -2.35. The number of H-pyrrole nitrogens is 1. The predicted octanol–water partition coefficient (Wildman–Crippen LogP) is 2.53. The zero-order valence-corrected chi connectivity index (χ0v) is 18.1. The topological polar surface area (TPSA) is 107 Å². The summed E-state index contributed by atoms with van der Waals surface area (Å²) in [6.07, 6.45) is 1.48. The van der Waals surface area contributed by atoms with E-state index >= 15 is 0 Å². The van der Waals surface area contributed by atoms with Gasteiger partial charge in [0.15, 0.2) is 0 Å². The van der Waals surface area contributed by atoms with Gasteiger partial charge in [-0.3, -0.25) is 19.7 Å². The highest BCUT2D eigenvalue weighted by Crippen LogP contribution is 2.38. The van der Waals surface area contributed by atoms with Crippen LogP contribution in [-0.4, -0.2) is 53.6 Å². The minimum atomic E-state index is -0.457. The van der Waals surface area contributed by atoms with Crippen LogP contribution in [0.1, 0.15) is 35.7 Å². The Kier molecular flexibility index (Phi) is 6.72. The summed E-state index contributed by atoms with van der Waals surface area (Å²) in [6.45, 7) is 1.38. The second-order valence-corrected chi connectivity index (χ2v) is 7.95. The lowest BCUT2D eigenvalue weighted by molar-refractivity contribution is -0.129. The minimum absolute atomic E-state index is 0.0806. The maximum absolute atomic E-state index is 12.7. The number of methoxy groups -OCH3 is 1. The van der Waals surface area contributed by atoms with Crippen molar-refractivity contribution >= 4 is 22.7 Å². The number of hydrogen-bond donors (Lipinski definition) is 4. The van der Waals surface area contributed by atoms with Gasteiger partial charge in [-0.25, -0.2) is 5.48 Å². The summed E-state index contributed by atoms with van der Waals surface area (Å²) in [5.41, 5.74) is 6.21. The van der Waals surface area contributed by atoms with E-state index in [9.17, 15) is 9.59 Å². The number of benzene rings is 2. The first-order chi connectivity index (χ1) is 15.6. The van der Waals surface area contributed by atoms with Gasteiger partial charge in [0.25, 0.3) is 0 Å². The molecule has 0 spiro atoms. The zero-order chi connectivity index (χ0) is 22.5. The number of fused-ring (bicyclic) bond motifs is 3. The molecule has 2 aromatic carbocycles. The second-order valence-electron chi connectivity index (χ2n) is 7.95. The number of carbonyl (C=O) groups excluding carboxylic acids is 2. The van der Waals surface area contributed by atoms with Crippen molar-refractivity contribution in [2.75, 3.05) is 26.7 Å². The van der Waals surface area contributed by atoms with E-state index in [0.717, 1.165) is 35.5 Å². The van der Waals surface area contributed by atoms with Gasteiger partial charge in [-0.05, 0) is 42.2 Å². The van der Waals surface area contributed by atoms with E-state index in [1.807, 2.05) is 30.3 Å². The zero-order valence-electron chi connectivity index (χ0n) is 18.1. The smallest absolute Gasteiger partial charge is 0.243 e. The Labute approximate surface area is 186 Å². The molecule has 0 bridgehead atoms. The molecule has 0 saturated heterocycles. The second kappa shape index (κ2) is 9.84.